The normalized spacial score (nSPS) is 17.4. The Hall–Kier alpha value is -0.770. The van der Waals surface area contributed by atoms with Crippen molar-refractivity contribution in [2.45, 2.75) is 4.90 Å². The molecule has 1 saturated heterocycles. The van der Waals surface area contributed by atoms with E-state index in [-0.39, 0.29) is 0 Å². The van der Waals surface area contributed by atoms with Gasteiger partial charge in [0.1, 0.15) is 0 Å². The number of rotatable bonds is 2. The summed E-state index contributed by atoms with van der Waals surface area (Å²) in [4.78, 5) is 4.61. The van der Waals surface area contributed by atoms with Crippen molar-refractivity contribution in [1.82, 2.24) is 9.29 Å². The van der Waals surface area contributed by atoms with E-state index in [4.69, 9.17) is 4.74 Å². The van der Waals surface area contributed by atoms with Crippen molar-refractivity contribution in [1.29, 1.82) is 0 Å². The van der Waals surface area contributed by atoms with E-state index in [0.717, 1.165) is 9.09 Å². The largest absolute Gasteiger partial charge is 0.379 e. The van der Waals surface area contributed by atoms with Crippen molar-refractivity contribution >= 4 is 43.5 Å². The van der Waals surface area contributed by atoms with E-state index in [1.165, 1.54) is 4.31 Å². The zero-order valence-corrected chi connectivity index (χ0v) is 13.6. The van der Waals surface area contributed by atoms with E-state index < -0.39 is 10.0 Å². The van der Waals surface area contributed by atoms with Gasteiger partial charge in [-0.15, -0.1) is 0 Å². The number of halogens is 1. The molecule has 0 amide bonds. The second-order valence-electron chi connectivity index (χ2n) is 4.46. The summed E-state index contributed by atoms with van der Waals surface area (Å²) in [6, 6.07) is 7.02. The molecule has 2 aromatic rings. The molecule has 3 rings (SSSR count). The predicted octanol–water partition coefficient (Wildman–Crippen LogP) is 1.86. The molecule has 0 saturated carbocycles. The summed E-state index contributed by atoms with van der Waals surface area (Å²) in [6.07, 6.45) is 1.68. The topological polar surface area (TPSA) is 59.5 Å². The van der Waals surface area contributed by atoms with Crippen LogP contribution in [0.15, 0.2) is 35.4 Å². The fraction of sp³-hybridized carbons (Fsp3) is 0.308. The van der Waals surface area contributed by atoms with Crippen LogP contribution < -0.4 is 0 Å². The smallest absolute Gasteiger partial charge is 0.243 e. The zero-order valence-electron chi connectivity index (χ0n) is 10.6. The van der Waals surface area contributed by atoms with Gasteiger partial charge in [-0.1, -0.05) is 0 Å². The maximum absolute atomic E-state index is 12.8. The highest BCUT2D eigenvalue weighted by atomic mass is 127. The minimum absolute atomic E-state index is 0.322. The minimum atomic E-state index is -3.50. The quantitative estimate of drug-likeness (QED) is 0.718. The molecule has 1 aliphatic heterocycles. The van der Waals surface area contributed by atoms with Gasteiger partial charge in [-0.25, -0.2) is 8.42 Å². The minimum Gasteiger partial charge on any atom is -0.379 e. The highest BCUT2D eigenvalue weighted by Crippen LogP contribution is 2.28. The van der Waals surface area contributed by atoms with Crippen molar-refractivity contribution in [3.05, 3.63) is 34.0 Å². The first kappa shape index (κ1) is 14.2. The van der Waals surface area contributed by atoms with Crippen LogP contribution in [0.25, 0.3) is 10.9 Å². The summed E-state index contributed by atoms with van der Waals surface area (Å²) in [7, 11) is -3.50. The number of morpholine rings is 1. The van der Waals surface area contributed by atoms with Crippen LogP contribution in [0.3, 0.4) is 0 Å². The molecule has 1 aliphatic rings. The molecule has 7 heteroatoms. The van der Waals surface area contributed by atoms with Crippen molar-refractivity contribution in [3.8, 4) is 0 Å². The SMILES string of the molecule is O=S(=O)(c1ccc(I)c2ncccc12)N1CCOCC1. The molecular formula is C13H13IN2O3S. The molecule has 2 heterocycles. The average Bonchev–Trinajstić information content (AvgIpc) is 2.48. The fourth-order valence-electron chi connectivity index (χ4n) is 2.26. The number of nitrogens with zero attached hydrogens (tertiary/aromatic N) is 2. The molecule has 1 aromatic carbocycles. The highest BCUT2D eigenvalue weighted by Gasteiger charge is 2.28. The Bertz CT molecular complexity index is 742. The number of sulfonamides is 1. The van der Waals surface area contributed by atoms with E-state index >= 15 is 0 Å². The Balaban J connectivity index is 2.16. The van der Waals surface area contributed by atoms with Crippen LogP contribution in [0.1, 0.15) is 0 Å². The monoisotopic (exact) mass is 404 g/mol. The Morgan fingerprint density at radius 2 is 1.95 bits per heavy atom. The van der Waals surface area contributed by atoms with E-state index in [2.05, 4.69) is 27.6 Å². The second kappa shape index (κ2) is 5.55. The third kappa shape index (κ3) is 2.43. The van der Waals surface area contributed by atoms with Gasteiger partial charge in [0.05, 0.1) is 23.6 Å². The Morgan fingerprint density at radius 3 is 2.70 bits per heavy atom. The molecule has 5 nitrogen and oxygen atoms in total. The molecule has 20 heavy (non-hydrogen) atoms. The van der Waals surface area contributed by atoms with Crippen molar-refractivity contribution < 1.29 is 13.2 Å². The van der Waals surface area contributed by atoms with Crippen LogP contribution in [0.4, 0.5) is 0 Å². The second-order valence-corrected chi connectivity index (χ2v) is 7.53. The van der Waals surface area contributed by atoms with Crippen molar-refractivity contribution in [2.24, 2.45) is 0 Å². The van der Waals surface area contributed by atoms with Crippen LogP contribution in [0, 0.1) is 3.57 Å². The van der Waals surface area contributed by atoms with Gasteiger partial charge >= 0.3 is 0 Å². The van der Waals surface area contributed by atoms with Gasteiger partial charge in [0.15, 0.2) is 0 Å². The summed E-state index contributed by atoms with van der Waals surface area (Å²) >= 11 is 2.17. The summed E-state index contributed by atoms with van der Waals surface area (Å²) in [5.74, 6) is 0. The summed E-state index contributed by atoms with van der Waals surface area (Å²) < 4.78 is 33.1. The summed E-state index contributed by atoms with van der Waals surface area (Å²) in [6.45, 7) is 1.69. The van der Waals surface area contributed by atoms with Gasteiger partial charge in [0.25, 0.3) is 0 Å². The maximum atomic E-state index is 12.8. The van der Waals surface area contributed by atoms with Crippen LogP contribution in [-0.4, -0.2) is 44.0 Å². The Labute approximate surface area is 131 Å². The lowest BCUT2D eigenvalue weighted by atomic mass is 10.2. The number of hydrogen-bond donors (Lipinski definition) is 0. The first-order valence-corrected chi connectivity index (χ1v) is 8.74. The molecule has 1 fully saturated rings. The van der Waals surface area contributed by atoms with Crippen LogP contribution in [-0.2, 0) is 14.8 Å². The molecule has 1 aromatic heterocycles. The number of benzene rings is 1. The van der Waals surface area contributed by atoms with Crippen LogP contribution >= 0.6 is 22.6 Å². The number of hydrogen-bond acceptors (Lipinski definition) is 4. The molecule has 0 radical (unpaired) electrons. The summed E-state index contributed by atoms with van der Waals surface area (Å²) in [5.41, 5.74) is 0.724. The highest BCUT2D eigenvalue weighted by molar-refractivity contribution is 14.1. The number of ether oxygens (including phenoxy) is 1. The third-order valence-electron chi connectivity index (χ3n) is 3.27. The van der Waals surface area contributed by atoms with Crippen LogP contribution in [0.2, 0.25) is 0 Å². The Morgan fingerprint density at radius 1 is 1.20 bits per heavy atom. The molecule has 0 spiro atoms. The maximum Gasteiger partial charge on any atom is 0.243 e. The summed E-state index contributed by atoms with van der Waals surface area (Å²) in [5, 5.41) is 0.672. The third-order valence-corrected chi connectivity index (χ3v) is 6.10. The Kier molecular flexibility index (Phi) is 3.93. The number of fused-ring (bicyclic) bond motifs is 1. The van der Waals surface area contributed by atoms with Gasteiger partial charge in [-0.05, 0) is 46.9 Å². The molecule has 0 bridgehead atoms. The molecule has 0 atom stereocenters. The lowest BCUT2D eigenvalue weighted by Crippen LogP contribution is -2.40. The molecular weight excluding hydrogens is 391 g/mol. The fourth-order valence-corrected chi connectivity index (χ4v) is 4.46. The van der Waals surface area contributed by atoms with Crippen molar-refractivity contribution in [2.75, 3.05) is 26.3 Å². The molecule has 106 valence electrons. The average molecular weight is 404 g/mol. The zero-order chi connectivity index (χ0) is 14.2. The van der Waals surface area contributed by atoms with Gasteiger partial charge in [-0.3, -0.25) is 4.98 Å². The van der Waals surface area contributed by atoms with Crippen LogP contribution in [0.5, 0.6) is 0 Å². The predicted molar refractivity (Wildman–Crippen MR) is 84.0 cm³/mol. The first-order chi connectivity index (χ1) is 9.60. The number of pyridine rings is 1. The van der Waals surface area contributed by atoms with E-state index in [1.807, 2.05) is 0 Å². The number of aromatic nitrogens is 1. The van der Waals surface area contributed by atoms with E-state index in [0.29, 0.717) is 36.6 Å². The molecule has 0 unspecified atom stereocenters. The van der Waals surface area contributed by atoms with E-state index in [1.54, 1.807) is 30.5 Å². The molecule has 0 aliphatic carbocycles. The van der Waals surface area contributed by atoms with Gasteiger partial charge in [0.2, 0.25) is 10.0 Å². The standard InChI is InChI=1S/C13H13IN2O3S/c14-11-3-4-12(10-2-1-5-15-13(10)11)20(17,18)16-6-8-19-9-7-16/h1-5H,6-9H2. The molecule has 0 N–H and O–H groups in total. The lowest BCUT2D eigenvalue weighted by Gasteiger charge is -2.26. The first-order valence-electron chi connectivity index (χ1n) is 6.22. The lowest BCUT2D eigenvalue weighted by molar-refractivity contribution is 0.0730. The van der Waals surface area contributed by atoms with Gasteiger partial charge in [0, 0.05) is 28.2 Å². The van der Waals surface area contributed by atoms with E-state index in [9.17, 15) is 8.42 Å². The van der Waals surface area contributed by atoms with Gasteiger partial charge in [-0.2, -0.15) is 4.31 Å². The van der Waals surface area contributed by atoms with Crippen molar-refractivity contribution in [3.63, 3.8) is 0 Å². The van der Waals surface area contributed by atoms with Gasteiger partial charge < -0.3 is 4.74 Å².